The molecule has 2 N–H and O–H groups in total. The molecule has 0 radical (unpaired) electrons. The molecule has 23 heavy (non-hydrogen) atoms. The molecule has 1 saturated heterocycles. The molecule has 126 valence electrons. The van der Waals surface area contributed by atoms with Gasteiger partial charge in [-0.3, -0.25) is 9.59 Å². The maximum absolute atomic E-state index is 12.6. The summed E-state index contributed by atoms with van der Waals surface area (Å²) in [5.41, 5.74) is 0.264. The van der Waals surface area contributed by atoms with Crippen molar-refractivity contribution < 1.29 is 9.59 Å². The van der Waals surface area contributed by atoms with Gasteiger partial charge in [-0.05, 0) is 32.9 Å². The number of rotatable bonds is 3. The third-order valence-electron chi connectivity index (χ3n) is 4.23. The van der Waals surface area contributed by atoms with Crippen LogP contribution in [-0.2, 0) is 4.79 Å². The molecule has 7 heteroatoms. The lowest BCUT2D eigenvalue weighted by Crippen LogP contribution is -2.60. The van der Waals surface area contributed by atoms with Gasteiger partial charge in [0.05, 0.1) is 15.6 Å². The third kappa shape index (κ3) is 3.97. The second-order valence-corrected chi connectivity index (χ2v) is 6.60. The van der Waals surface area contributed by atoms with Gasteiger partial charge >= 0.3 is 0 Å². The van der Waals surface area contributed by atoms with E-state index in [1.54, 1.807) is 30.0 Å². The van der Waals surface area contributed by atoms with Crippen LogP contribution >= 0.6 is 23.2 Å². The fourth-order valence-electron chi connectivity index (χ4n) is 2.63. The molecular formula is C16H21Cl2N3O2. The largest absolute Gasteiger partial charge is 0.340 e. The molecule has 2 rings (SSSR count). The van der Waals surface area contributed by atoms with Crippen LogP contribution in [-0.4, -0.2) is 47.9 Å². The molecular weight excluding hydrogens is 337 g/mol. The zero-order valence-corrected chi connectivity index (χ0v) is 14.9. The van der Waals surface area contributed by atoms with Gasteiger partial charge in [0.15, 0.2) is 0 Å². The summed E-state index contributed by atoms with van der Waals surface area (Å²) in [5.74, 6) is -0.508. The van der Waals surface area contributed by atoms with Gasteiger partial charge < -0.3 is 15.5 Å². The van der Waals surface area contributed by atoms with Gasteiger partial charge in [-0.1, -0.05) is 29.3 Å². The van der Waals surface area contributed by atoms with E-state index in [2.05, 4.69) is 10.6 Å². The molecule has 0 aromatic heterocycles. The fraction of sp³-hybridized carbons (Fsp3) is 0.500. The summed E-state index contributed by atoms with van der Waals surface area (Å²) >= 11 is 12.0. The predicted octanol–water partition coefficient (Wildman–Crippen LogP) is 2.32. The second kappa shape index (κ2) is 7.51. The highest BCUT2D eigenvalue weighted by molar-refractivity contribution is 6.43. The van der Waals surface area contributed by atoms with Gasteiger partial charge in [0.2, 0.25) is 5.91 Å². The molecule has 2 amide bonds. The van der Waals surface area contributed by atoms with Crippen LogP contribution < -0.4 is 10.6 Å². The van der Waals surface area contributed by atoms with Crippen LogP contribution in [0.3, 0.4) is 0 Å². The second-order valence-electron chi connectivity index (χ2n) is 5.81. The Morgan fingerprint density at radius 1 is 1.35 bits per heavy atom. The maximum atomic E-state index is 12.6. The third-order valence-corrected chi connectivity index (χ3v) is 5.05. The predicted molar refractivity (Wildman–Crippen MR) is 92.0 cm³/mol. The SMILES string of the molecule is CC(NC(=O)c1cccc(Cl)c1Cl)C(=O)N1CCNC(C)C1C. The van der Waals surface area contributed by atoms with Crippen LogP contribution in [0.25, 0.3) is 0 Å². The first kappa shape index (κ1) is 18.0. The minimum Gasteiger partial charge on any atom is -0.340 e. The zero-order valence-electron chi connectivity index (χ0n) is 13.4. The number of amides is 2. The number of nitrogens with one attached hydrogen (secondary N) is 2. The van der Waals surface area contributed by atoms with Crippen molar-refractivity contribution in [3.05, 3.63) is 33.8 Å². The summed E-state index contributed by atoms with van der Waals surface area (Å²) in [5, 5.41) is 6.52. The van der Waals surface area contributed by atoms with E-state index in [4.69, 9.17) is 23.2 Å². The Labute approximate surface area is 146 Å². The highest BCUT2D eigenvalue weighted by Crippen LogP contribution is 2.25. The Balaban J connectivity index is 2.06. The molecule has 0 bridgehead atoms. The molecule has 1 aromatic rings. The van der Waals surface area contributed by atoms with Crippen LogP contribution in [0.5, 0.6) is 0 Å². The van der Waals surface area contributed by atoms with E-state index in [0.717, 1.165) is 6.54 Å². The number of piperazine rings is 1. The lowest BCUT2D eigenvalue weighted by Gasteiger charge is -2.39. The van der Waals surface area contributed by atoms with Crippen LogP contribution in [0.4, 0.5) is 0 Å². The van der Waals surface area contributed by atoms with E-state index < -0.39 is 11.9 Å². The van der Waals surface area contributed by atoms with Crippen LogP contribution in [0.15, 0.2) is 18.2 Å². The number of carbonyl (C=O) groups excluding carboxylic acids is 2. The average Bonchev–Trinajstić information content (AvgIpc) is 2.51. The first-order valence-corrected chi connectivity index (χ1v) is 8.37. The molecule has 0 aliphatic carbocycles. The van der Waals surface area contributed by atoms with E-state index in [0.29, 0.717) is 11.6 Å². The molecule has 3 atom stereocenters. The summed E-state index contributed by atoms with van der Waals surface area (Å²) in [6, 6.07) is 4.50. The van der Waals surface area contributed by atoms with E-state index in [1.807, 2.05) is 13.8 Å². The summed E-state index contributed by atoms with van der Waals surface area (Å²) < 4.78 is 0. The first-order valence-electron chi connectivity index (χ1n) is 7.61. The van der Waals surface area contributed by atoms with E-state index in [9.17, 15) is 9.59 Å². The summed E-state index contributed by atoms with van der Waals surface area (Å²) in [4.78, 5) is 26.7. The van der Waals surface area contributed by atoms with Crippen molar-refractivity contribution in [2.45, 2.75) is 38.9 Å². The van der Waals surface area contributed by atoms with Crippen molar-refractivity contribution in [3.8, 4) is 0 Å². The van der Waals surface area contributed by atoms with E-state index in [-0.39, 0.29) is 28.6 Å². The van der Waals surface area contributed by atoms with Gasteiger partial charge in [-0.2, -0.15) is 0 Å². The lowest BCUT2D eigenvalue weighted by molar-refractivity contribution is -0.136. The Morgan fingerprint density at radius 2 is 2.04 bits per heavy atom. The highest BCUT2D eigenvalue weighted by Gasteiger charge is 2.31. The zero-order chi connectivity index (χ0) is 17.1. The van der Waals surface area contributed by atoms with Gasteiger partial charge in [0, 0.05) is 25.2 Å². The average molecular weight is 358 g/mol. The summed E-state index contributed by atoms with van der Waals surface area (Å²) in [7, 11) is 0. The van der Waals surface area contributed by atoms with Gasteiger partial charge in [-0.15, -0.1) is 0 Å². The summed E-state index contributed by atoms with van der Waals surface area (Å²) in [6.45, 7) is 7.09. The normalized spacial score (nSPS) is 22.6. The van der Waals surface area contributed by atoms with Crippen molar-refractivity contribution in [2.75, 3.05) is 13.1 Å². The van der Waals surface area contributed by atoms with Gasteiger partial charge in [0.25, 0.3) is 5.91 Å². The van der Waals surface area contributed by atoms with Crippen LogP contribution in [0, 0.1) is 0 Å². The molecule has 1 aromatic carbocycles. The standard InChI is InChI=1S/C16H21Cl2N3O2/c1-9-11(3)21(8-7-19-9)16(23)10(2)20-15(22)12-5-4-6-13(17)14(12)18/h4-6,9-11,19H,7-8H2,1-3H3,(H,20,22). The molecule has 1 heterocycles. The van der Waals surface area contributed by atoms with Gasteiger partial charge in [0.1, 0.15) is 6.04 Å². The Morgan fingerprint density at radius 3 is 2.74 bits per heavy atom. The quantitative estimate of drug-likeness (QED) is 0.872. The Hall–Kier alpha value is -1.30. The van der Waals surface area contributed by atoms with E-state index >= 15 is 0 Å². The van der Waals surface area contributed by atoms with Crippen LogP contribution in [0.1, 0.15) is 31.1 Å². The fourth-order valence-corrected chi connectivity index (χ4v) is 3.02. The van der Waals surface area contributed by atoms with Crippen molar-refractivity contribution in [1.82, 2.24) is 15.5 Å². The Bertz CT molecular complexity index is 609. The highest BCUT2D eigenvalue weighted by atomic mass is 35.5. The van der Waals surface area contributed by atoms with Crippen molar-refractivity contribution in [2.24, 2.45) is 0 Å². The minimum atomic E-state index is -0.634. The van der Waals surface area contributed by atoms with E-state index in [1.165, 1.54) is 0 Å². The number of hydrogen-bond donors (Lipinski definition) is 2. The first-order chi connectivity index (χ1) is 10.8. The molecule has 1 aliphatic rings. The molecule has 1 fully saturated rings. The topological polar surface area (TPSA) is 61.4 Å². The number of benzene rings is 1. The van der Waals surface area contributed by atoms with Crippen molar-refractivity contribution in [1.29, 1.82) is 0 Å². The lowest BCUT2D eigenvalue weighted by atomic mass is 10.1. The molecule has 5 nitrogen and oxygen atoms in total. The number of halogens is 2. The number of carbonyl (C=O) groups is 2. The Kier molecular flexibility index (Phi) is 5.89. The molecule has 1 aliphatic heterocycles. The summed E-state index contributed by atoms with van der Waals surface area (Å²) in [6.07, 6.45) is 0. The number of hydrogen-bond acceptors (Lipinski definition) is 3. The van der Waals surface area contributed by atoms with Crippen LogP contribution in [0.2, 0.25) is 10.0 Å². The molecule has 0 saturated carbocycles. The van der Waals surface area contributed by atoms with Crippen molar-refractivity contribution in [3.63, 3.8) is 0 Å². The van der Waals surface area contributed by atoms with Crippen molar-refractivity contribution >= 4 is 35.0 Å². The maximum Gasteiger partial charge on any atom is 0.253 e. The molecule has 0 spiro atoms. The minimum absolute atomic E-state index is 0.0744. The monoisotopic (exact) mass is 357 g/mol. The molecule has 3 unspecified atom stereocenters. The van der Waals surface area contributed by atoms with Gasteiger partial charge in [-0.25, -0.2) is 0 Å². The smallest absolute Gasteiger partial charge is 0.253 e. The number of nitrogens with zero attached hydrogens (tertiary/aromatic N) is 1.